The lowest BCUT2D eigenvalue weighted by Gasteiger charge is -2.07. The molecule has 0 bridgehead atoms. The molecule has 80 valence electrons. The molecule has 0 aliphatic carbocycles. The van der Waals surface area contributed by atoms with Gasteiger partial charge in [-0.2, -0.15) is 0 Å². The van der Waals surface area contributed by atoms with Crippen molar-refractivity contribution in [3.8, 4) is 11.5 Å². The van der Waals surface area contributed by atoms with Gasteiger partial charge >= 0.3 is 0 Å². The molecule has 0 unspecified atom stereocenters. The van der Waals surface area contributed by atoms with E-state index in [0.717, 1.165) is 11.3 Å². The van der Waals surface area contributed by atoms with Crippen molar-refractivity contribution in [2.45, 2.75) is 26.6 Å². The molecule has 1 aromatic rings. The minimum absolute atomic E-state index is 1.14. The van der Waals surface area contributed by atoms with Gasteiger partial charge in [0.15, 0.2) is 0 Å². The van der Waals surface area contributed by atoms with Crippen LogP contribution in [0.25, 0.3) is 0 Å². The maximum absolute atomic E-state index is 3.39. The highest BCUT2D eigenvalue weighted by atomic mass is 28.3. The minimum atomic E-state index is -1.27. The second-order valence-corrected chi connectivity index (χ2v) is 9.48. The van der Waals surface area contributed by atoms with Gasteiger partial charge in [-0.25, -0.2) is 0 Å². The van der Waals surface area contributed by atoms with Crippen LogP contribution in [0.3, 0.4) is 0 Å². The van der Waals surface area contributed by atoms with Crippen LogP contribution in [0.2, 0.25) is 19.6 Å². The second kappa shape index (κ2) is 4.54. The van der Waals surface area contributed by atoms with Crippen LogP contribution in [-0.4, -0.2) is 15.1 Å². The molecule has 0 spiro atoms. The lowest BCUT2D eigenvalue weighted by Crippen LogP contribution is -2.16. The maximum atomic E-state index is 3.39. The van der Waals surface area contributed by atoms with Gasteiger partial charge in [0.05, 0.1) is 0 Å². The summed E-state index contributed by atoms with van der Waals surface area (Å²) in [6.07, 6.45) is 0. The van der Waals surface area contributed by atoms with E-state index in [1.807, 2.05) is 13.1 Å². The molecule has 0 aliphatic rings. The first-order valence-electron chi connectivity index (χ1n) is 5.24. The highest BCUT2D eigenvalue weighted by molar-refractivity contribution is 6.83. The highest BCUT2D eigenvalue weighted by Crippen LogP contribution is 2.17. The number of nitrogens with one attached hydrogen (secondary N) is 1. The average molecular weight is 217 g/mol. The largest absolute Gasteiger partial charge is 0.388 e. The van der Waals surface area contributed by atoms with Crippen molar-refractivity contribution in [2.24, 2.45) is 0 Å². The Morgan fingerprint density at radius 3 is 2.40 bits per heavy atom. The van der Waals surface area contributed by atoms with Crippen LogP contribution in [-0.2, 0) is 0 Å². The zero-order chi connectivity index (χ0) is 11.5. The summed E-state index contributed by atoms with van der Waals surface area (Å²) >= 11 is 0. The molecule has 0 amide bonds. The van der Waals surface area contributed by atoms with Gasteiger partial charge in [0.1, 0.15) is 8.07 Å². The van der Waals surface area contributed by atoms with Gasteiger partial charge in [0, 0.05) is 18.3 Å². The first-order chi connectivity index (χ1) is 6.94. The third-order valence-corrected chi connectivity index (χ3v) is 3.05. The van der Waals surface area contributed by atoms with E-state index >= 15 is 0 Å². The third kappa shape index (κ3) is 3.45. The highest BCUT2D eigenvalue weighted by Gasteiger charge is 2.08. The van der Waals surface area contributed by atoms with Crippen LogP contribution in [0.15, 0.2) is 18.2 Å². The zero-order valence-electron chi connectivity index (χ0n) is 10.2. The van der Waals surface area contributed by atoms with Crippen LogP contribution < -0.4 is 5.32 Å². The quantitative estimate of drug-likeness (QED) is 0.562. The molecule has 1 aromatic carbocycles. The van der Waals surface area contributed by atoms with Crippen molar-refractivity contribution >= 4 is 13.8 Å². The molecule has 0 atom stereocenters. The molecule has 1 rings (SSSR count). The molecule has 1 N–H and O–H groups in total. The summed E-state index contributed by atoms with van der Waals surface area (Å²) in [5.41, 5.74) is 6.94. The maximum Gasteiger partial charge on any atom is 0.129 e. The van der Waals surface area contributed by atoms with E-state index < -0.39 is 8.07 Å². The predicted octanol–water partition coefficient (Wildman–Crippen LogP) is 3.27. The Kier molecular flexibility index (Phi) is 3.60. The summed E-state index contributed by atoms with van der Waals surface area (Å²) in [7, 11) is 0.670. The summed E-state index contributed by atoms with van der Waals surface area (Å²) in [5.74, 6) is 3.30. The van der Waals surface area contributed by atoms with Gasteiger partial charge in [-0.05, 0) is 24.6 Å². The first kappa shape index (κ1) is 11.9. The minimum Gasteiger partial charge on any atom is -0.388 e. The summed E-state index contributed by atoms with van der Waals surface area (Å²) < 4.78 is 0. The van der Waals surface area contributed by atoms with E-state index in [1.54, 1.807) is 0 Å². The van der Waals surface area contributed by atoms with Crippen molar-refractivity contribution in [3.05, 3.63) is 29.3 Å². The number of anilines is 1. The molecule has 15 heavy (non-hydrogen) atoms. The van der Waals surface area contributed by atoms with Gasteiger partial charge in [0.2, 0.25) is 0 Å². The molecule has 0 aromatic heterocycles. The molecule has 2 heteroatoms. The fourth-order valence-corrected chi connectivity index (χ4v) is 1.81. The Hall–Kier alpha value is -1.20. The van der Waals surface area contributed by atoms with Crippen molar-refractivity contribution in [1.29, 1.82) is 0 Å². The molecule has 0 radical (unpaired) electrons. The summed E-state index contributed by atoms with van der Waals surface area (Å²) in [4.78, 5) is 0. The normalized spacial score (nSPS) is 10.5. The first-order valence-corrected chi connectivity index (χ1v) is 8.74. The van der Waals surface area contributed by atoms with Crippen LogP contribution in [0.1, 0.15) is 11.1 Å². The SMILES string of the molecule is CNc1cccc(C#C[Si](C)(C)C)c1C. The van der Waals surface area contributed by atoms with Crippen molar-refractivity contribution in [1.82, 2.24) is 0 Å². The topological polar surface area (TPSA) is 12.0 Å². The van der Waals surface area contributed by atoms with Gasteiger partial charge in [0.25, 0.3) is 0 Å². The fourth-order valence-electron chi connectivity index (χ4n) is 1.30. The number of hydrogen-bond acceptors (Lipinski definition) is 1. The molecule has 0 saturated heterocycles. The van der Waals surface area contributed by atoms with E-state index in [9.17, 15) is 0 Å². The van der Waals surface area contributed by atoms with Crippen molar-refractivity contribution in [3.63, 3.8) is 0 Å². The number of rotatable bonds is 1. The lowest BCUT2D eigenvalue weighted by atomic mass is 10.1. The van der Waals surface area contributed by atoms with Crippen LogP contribution in [0, 0.1) is 18.4 Å². The third-order valence-electron chi connectivity index (χ3n) is 2.18. The zero-order valence-corrected chi connectivity index (χ0v) is 11.2. The Morgan fingerprint density at radius 1 is 1.20 bits per heavy atom. The van der Waals surface area contributed by atoms with E-state index in [-0.39, 0.29) is 0 Å². The molecule has 0 heterocycles. The fraction of sp³-hybridized carbons (Fsp3) is 0.385. The molecule has 0 fully saturated rings. The Labute approximate surface area is 93.9 Å². The average Bonchev–Trinajstić information content (AvgIpc) is 2.15. The summed E-state index contributed by atoms with van der Waals surface area (Å²) in [6, 6.07) is 6.21. The van der Waals surface area contributed by atoms with E-state index in [4.69, 9.17) is 0 Å². The summed E-state index contributed by atoms with van der Waals surface area (Å²) in [6.45, 7) is 8.89. The number of benzene rings is 1. The monoisotopic (exact) mass is 217 g/mol. The van der Waals surface area contributed by atoms with Crippen LogP contribution >= 0.6 is 0 Å². The molecular weight excluding hydrogens is 198 g/mol. The Bertz CT molecular complexity index is 405. The van der Waals surface area contributed by atoms with Crippen molar-refractivity contribution < 1.29 is 0 Å². The van der Waals surface area contributed by atoms with Crippen molar-refractivity contribution in [2.75, 3.05) is 12.4 Å². The van der Waals surface area contributed by atoms with Gasteiger partial charge in [-0.3, -0.25) is 0 Å². The second-order valence-electron chi connectivity index (χ2n) is 4.73. The molecule has 1 nitrogen and oxygen atoms in total. The Morgan fingerprint density at radius 2 is 1.87 bits per heavy atom. The van der Waals surface area contributed by atoms with E-state index in [0.29, 0.717) is 0 Å². The van der Waals surface area contributed by atoms with Gasteiger partial charge in [-0.1, -0.05) is 31.6 Å². The summed E-state index contributed by atoms with van der Waals surface area (Å²) in [5, 5.41) is 3.18. The van der Waals surface area contributed by atoms with E-state index in [1.165, 1.54) is 5.56 Å². The van der Waals surface area contributed by atoms with E-state index in [2.05, 4.69) is 55.5 Å². The smallest absolute Gasteiger partial charge is 0.129 e. The van der Waals surface area contributed by atoms with Crippen LogP contribution in [0.5, 0.6) is 0 Å². The van der Waals surface area contributed by atoms with Gasteiger partial charge in [-0.15, -0.1) is 5.54 Å². The van der Waals surface area contributed by atoms with Crippen LogP contribution in [0.4, 0.5) is 5.69 Å². The lowest BCUT2D eigenvalue weighted by molar-refractivity contribution is 1.38. The molecule has 0 saturated carbocycles. The number of hydrogen-bond donors (Lipinski definition) is 1. The molecular formula is C13H19NSi. The predicted molar refractivity (Wildman–Crippen MR) is 70.9 cm³/mol. The Balaban J connectivity index is 3.10. The standard InChI is InChI=1S/C13H19NSi/c1-11-12(9-10-15(3,4)5)7-6-8-13(11)14-2/h6-8,14H,1-5H3. The molecule has 0 aliphatic heterocycles. The van der Waals surface area contributed by atoms with Gasteiger partial charge < -0.3 is 5.32 Å².